The van der Waals surface area contributed by atoms with Crippen LogP contribution < -0.4 is 0 Å². The lowest BCUT2D eigenvalue weighted by atomic mass is 10.1. The summed E-state index contributed by atoms with van der Waals surface area (Å²) in [6, 6.07) is 0. The zero-order valence-corrected chi connectivity index (χ0v) is 7.18. The van der Waals surface area contributed by atoms with Crippen LogP contribution in [0.4, 0.5) is 0 Å². The largest absolute Gasteiger partial charge is 0.295 e. The van der Waals surface area contributed by atoms with Crippen LogP contribution in [0.15, 0.2) is 23.3 Å². The van der Waals surface area contributed by atoms with Gasteiger partial charge in [-0.15, -0.1) is 0 Å². The third-order valence-electron chi connectivity index (χ3n) is 2.04. The molecule has 0 saturated carbocycles. The summed E-state index contributed by atoms with van der Waals surface area (Å²) in [5.74, 6) is 0.218. The highest BCUT2D eigenvalue weighted by Gasteiger charge is 2.05. The van der Waals surface area contributed by atoms with Gasteiger partial charge in [-0.1, -0.05) is 17.7 Å². The van der Waals surface area contributed by atoms with Crippen LogP contribution in [-0.2, 0) is 4.79 Å². The molecule has 11 heavy (non-hydrogen) atoms. The summed E-state index contributed by atoms with van der Waals surface area (Å²) in [6.07, 6.45) is 7.22. The highest BCUT2D eigenvalue weighted by molar-refractivity contribution is 5.93. The van der Waals surface area contributed by atoms with Crippen molar-refractivity contribution in [2.45, 2.75) is 33.1 Å². The van der Waals surface area contributed by atoms with E-state index in [4.69, 9.17) is 0 Å². The first kappa shape index (κ1) is 8.25. The van der Waals surface area contributed by atoms with E-state index in [9.17, 15) is 4.79 Å². The first-order valence-electron chi connectivity index (χ1n) is 4.07. The highest BCUT2D eigenvalue weighted by Crippen LogP contribution is 2.17. The van der Waals surface area contributed by atoms with Gasteiger partial charge in [0.1, 0.15) is 0 Å². The molecule has 0 amide bonds. The van der Waals surface area contributed by atoms with Crippen LogP contribution in [-0.4, -0.2) is 5.78 Å². The molecule has 0 atom stereocenters. The quantitative estimate of drug-likeness (QED) is 0.561. The summed E-state index contributed by atoms with van der Waals surface area (Å²) in [5.41, 5.74) is 2.35. The Morgan fingerprint density at radius 3 is 2.73 bits per heavy atom. The fraction of sp³-hybridized carbons (Fsp3) is 0.500. The molecule has 0 unspecified atom stereocenters. The van der Waals surface area contributed by atoms with Gasteiger partial charge < -0.3 is 0 Å². The van der Waals surface area contributed by atoms with Crippen molar-refractivity contribution in [1.29, 1.82) is 0 Å². The maximum Gasteiger partial charge on any atom is 0.155 e. The molecular weight excluding hydrogens is 136 g/mol. The molecule has 0 radical (unpaired) electrons. The Balaban J connectivity index is 2.74. The Morgan fingerprint density at radius 2 is 2.09 bits per heavy atom. The maximum absolute atomic E-state index is 11.0. The number of carbonyl (C=O) groups excluding carboxylic acids is 1. The summed E-state index contributed by atoms with van der Waals surface area (Å²) in [5, 5.41) is 0. The smallest absolute Gasteiger partial charge is 0.155 e. The minimum atomic E-state index is 0.218. The van der Waals surface area contributed by atoms with E-state index in [2.05, 4.69) is 13.0 Å². The summed E-state index contributed by atoms with van der Waals surface area (Å²) < 4.78 is 0. The van der Waals surface area contributed by atoms with Gasteiger partial charge in [0.2, 0.25) is 0 Å². The number of ketones is 1. The van der Waals surface area contributed by atoms with Crippen molar-refractivity contribution >= 4 is 5.78 Å². The molecule has 0 bridgehead atoms. The zero-order chi connectivity index (χ0) is 8.27. The average Bonchev–Trinajstić information content (AvgIpc) is 2.13. The number of rotatable bonds is 1. The molecule has 0 fully saturated rings. The molecule has 1 heteroatoms. The van der Waals surface area contributed by atoms with Crippen LogP contribution in [0.2, 0.25) is 0 Å². The molecular formula is C10H14O. The van der Waals surface area contributed by atoms with E-state index in [1.54, 1.807) is 6.92 Å². The lowest BCUT2D eigenvalue weighted by Gasteiger charge is -1.97. The van der Waals surface area contributed by atoms with E-state index < -0.39 is 0 Å². The molecule has 1 rings (SSSR count). The van der Waals surface area contributed by atoms with E-state index >= 15 is 0 Å². The molecule has 0 N–H and O–H groups in total. The Kier molecular flexibility index (Phi) is 2.64. The molecule has 0 spiro atoms. The van der Waals surface area contributed by atoms with Crippen molar-refractivity contribution < 1.29 is 4.79 Å². The SMILES string of the molecule is CC(=O)C1=CC=C(C)CCC1. The molecule has 0 saturated heterocycles. The van der Waals surface area contributed by atoms with Crippen molar-refractivity contribution in [2.75, 3.05) is 0 Å². The van der Waals surface area contributed by atoms with Crippen LogP contribution in [0.5, 0.6) is 0 Å². The van der Waals surface area contributed by atoms with Gasteiger partial charge in [-0.25, -0.2) is 0 Å². The van der Waals surface area contributed by atoms with Crippen molar-refractivity contribution in [2.24, 2.45) is 0 Å². The number of hydrogen-bond donors (Lipinski definition) is 0. The fourth-order valence-electron chi connectivity index (χ4n) is 1.26. The summed E-state index contributed by atoms with van der Waals surface area (Å²) in [7, 11) is 0. The van der Waals surface area contributed by atoms with Crippen LogP contribution in [0.25, 0.3) is 0 Å². The molecule has 0 aromatic carbocycles. The van der Waals surface area contributed by atoms with Crippen molar-refractivity contribution in [3.8, 4) is 0 Å². The number of Topliss-reactive ketones (excluding diaryl/α,β-unsaturated/α-hetero) is 1. The second kappa shape index (κ2) is 3.51. The Hall–Kier alpha value is -0.850. The number of allylic oxidation sites excluding steroid dienone is 4. The standard InChI is InChI=1S/C10H14O/c1-8-4-3-5-10(7-6-8)9(2)11/h6-7H,3-5H2,1-2H3. The van der Waals surface area contributed by atoms with Gasteiger partial charge in [0, 0.05) is 0 Å². The maximum atomic E-state index is 11.0. The molecule has 0 aliphatic heterocycles. The molecule has 1 aliphatic carbocycles. The lowest BCUT2D eigenvalue weighted by molar-refractivity contribution is -0.113. The van der Waals surface area contributed by atoms with Gasteiger partial charge in [0.25, 0.3) is 0 Å². The van der Waals surface area contributed by atoms with Gasteiger partial charge in [0.05, 0.1) is 0 Å². The van der Waals surface area contributed by atoms with Gasteiger partial charge in [-0.2, -0.15) is 0 Å². The monoisotopic (exact) mass is 150 g/mol. The second-order valence-electron chi connectivity index (χ2n) is 3.11. The molecule has 1 aliphatic rings. The fourth-order valence-corrected chi connectivity index (χ4v) is 1.26. The average molecular weight is 150 g/mol. The summed E-state index contributed by atoms with van der Waals surface area (Å²) >= 11 is 0. The van der Waals surface area contributed by atoms with Gasteiger partial charge in [0.15, 0.2) is 5.78 Å². The predicted molar refractivity (Wildman–Crippen MR) is 46.4 cm³/mol. The first-order chi connectivity index (χ1) is 5.20. The molecule has 0 aromatic heterocycles. The van der Waals surface area contributed by atoms with Crippen molar-refractivity contribution in [1.82, 2.24) is 0 Å². The normalized spacial score (nSPS) is 18.4. The first-order valence-corrected chi connectivity index (χ1v) is 4.07. The van der Waals surface area contributed by atoms with Crippen LogP contribution in [0, 0.1) is 0 Å². The minimum absolute atomic E-state index is 0.218. The molecule has 60 valence electrons. The second-order valence-corrected chi connectivity index (χ2v) is 3.11. The van der Waals surface area contributed by atoms with E-state index in [0.29, 0.717) is 0 Å². The van der Waals surface area contributed by atoms with Crippen LogP contribution in [0.1, 0.15) is 33.1 Å². The Morgan fingerprint density at radius 1 is 1.36 bits per heavy atom. The zero-order valence-electron chi connectivity index (χ0n) is 7.18. The number of hydrogen-bond acceptors (Lipinski definition) is 1. The van der Waals surface area contributed by atoms with E-state index in [-0.39, 0.29) is 5.78 Å². The predicted octanol–water partition coefficient (Wildman–Crippen LogP) is 2.63. The Labute approximate surface area is 67.8 Å². The number of carbonyl (C=O) groups is 1. The molecule has 0 heterocycles. The van der Waals surface area contributed by atoms with Gasteiger partial charge >= 0.3 is 0 Å². The molecule has 1 nitrogen and oxygen atoms in total. The highest BCUT2D eigenvalue weighted by atomic mass is 16.1. The van der Waals surface area contributed by atoms with E-state index in [1.165, 1.54) is 5.57 Å². The third kappa shape index (κ3) is 2.34. The van der Waals surface area contributed by atoms with Gasteiger partial charge in [-0.05, 0) is 38.7 Å². The van der Waals surface area contributed by atoms with Crippen LogP contribution in [0.3, 0.4) is 0 Å². The summed E-state index contributed by atoms with van der Waals surface area (Å²) in [4.78, 5) is 11.0. The molecule has 0 aromatic rings. The van der Waals surface area contributed by atoms with E-state index in [0.717, 1.165) is 24.8 Å². The Bertz CT molecular complexity index is 221. The topological polar surface area (TPSA) is 17.1 Å². The van der Waals surface area contributed by atoms with Crippen LogP contribution >= 0.6 is 0 Å². The van der Waals surface area contributed by atoms with Gasteiger partial charge in [-0.3, -0.25) is 4.79 Å². The van der Waals surface area contributed by atoms with Crippen molar-refractivity contribution in [3.63, 3.8) is 0 Å². The van der Waals surface area contributed by atoms with Crippen molar-refractivity contribution in [3.05, 3.63) is 23.3 Å². The van der Waals surface area contributed by atoms with E-state index in [1.807, 2.05) is 6.08 Å². The summed E-state index contributed by atoms with van der Waals surface area (Å²) in [6.45, 7) is 3.75. The third-order valence-corrected chi connectivity index (χ3v) is 2.04. The minimum Gasteiger partial charge on any atom is -0.295 e. The lowest BCUT2D eigenvalue weighted by Crippen LogP contribution is -1.94.